The second-order valence-electron chi connectivity index (χ2n) is 5.99. The summed E-state index contributed by atoms with van der Waals surface area (Å²) in [5.41, 5.74) is 3.96. The van der Waals surface area contributed by atoms with Gasteiger partial charge in [-0.3, -0.25) is 4.74 Å². The summed E-state index contributed by atoms with van der Waals surface area (Å²) in [6.07, 6.45) is 9.87. The Labute approximate surface area is 174 Å². The lowest BCUT2D eigenvalue weighted by Gasteiger charge is -2.29. The predicted molar refractivity (Wildman–Crippen MR) is 113 cm³/mol. The SMILES string of the molecule is Brc1ccc(C2=CC=COC2OC2OC=CC=C2c2ccc(Br)cc2)cc1. The van der Waals surface area contributed by atoms with Crippen molar-refractivity contribution in [1.82, 2.24) is 0 Å². The van der Waals surface area contributed by atoms with Gasteiger partial charge in [0.15, 0.2) is 0 Å². The zero-order chi connectivity index (χ0) is 18.6. The highest BCUT2D eigenvalue weighted by atomic mass is 79.9. The molecule has 2 atom stereocenters. The number of ether oxygens (including phenoxy) is 3. The van der Waals surface area contributed by atoms with Crippen LogP contribution in [0.5, 0.6) is 0 Å². The molecular weight excluding hydrogens is 472 g/mol. The largest absolute Gasteiger partial charge is 0.468 e. The minimum Gasteiger partial charge on any atom is -0.468 e. The standard InChI is InChI=1S/C22H16Br2O3/c23-17-9-5-15(6-10-17)19-3-1-13-25-21(19)27-22-20(4-2-14-26-22)16-7-11-18(24)12-8-16/h1-14,21-22H. The van der Waals surface area contributed by atoms with Crippen molar-refractivity contribution in [2.45, 2.75) is 12.6 Å². The molecule has 2 unspecified atom stereocenters. The molecule has 4 rings (SSSR count). The summed E-state index contributed by atoms with van der Waals surface area (Å²) in [5.74, 6) is 0. The summed E-state index contributed by atoms with van der Waals surface area (Å²) in [6, 6.07) is 16.1. The Bertz CT molecular complexity index is 848. The van der Waals surface area contributed by atoms with Crippen molar-refractivity contribution >= 4 is 43.0 Å². The monoisotopic (exact) mass is 486 g/mol. The average molecular weight is 488 g/mol. The Morgan fingerprint density at radius 2 is 1.04 bits per heavy atom. The van der Waals surface area contributed by atoms with Crippen molar-refractivity contribution in [2.75, 3.05) is 0 Å². The molecule has 136 valence electrons. The normalized spacial score (nSPS) is 21.1. The van der Waals surface area contributed by atoms with Crippen LogP contribution in [-0.2, 0) is 14.2 Å². The summed E-state index contributed by atoms with van der Waals surface area (Å²) >= 11 is 6.94. The molecule has 0 spiro atoms. The van der Waals surface area contributed by atoms with E-state index < -0.39 is 12.6 Å². The quantitative estimate of drug-likeness (QED) is 0.497. The molecule has 2 heterocycles. The fraction of sp³-hybridized carbons (Fsp3) is 0.0909. The van der Waals surface area contributed by atoms with Gasteiger partial charge in [-0.05, 0) is 59.7 Å². The Hall–Kier alpha value is -2.08. The van der Waals surface area contributed by atoms with Crippen LogP contribution in [0.15, 0.2) is 94.3 Å². The van der Waals surface area contributed by atoms with Crippen molar-refractivity contribution in [1.29, 1.82) is 0 Å². The smallest absolute Gasteiger partial charge is 0.230 e. The molecule has 0 amide bonds. The lowest BCUT2D eigenvalue weighted by molar-refractivity contribution is -0.162. The van der Waals surface area contributed by atoms with Gasteiger partial charge in [-0.15, -0.1) is 0 Å². The second-order valence-corrected chi connectivity index (χ2v) is 7.82. The van der Waals surface area contributed by atoms with E-state index in [1.54, 1.807) is 12.5 Å². The van der Waals surface area contributed by atoms with Crippen LogP contribution in [0, 0.1) is 0 Å². The third-order valence-electron chi connectivity index (χ3n) is 4.22. The Morgan fingerprint density at radius 3 is 1.44 bits per heavy atom. The lowest BCUT2D eigenvalue weighted by atomic mass is 10.0. The van der Waals surface area contributed by atoms with Gasteiger partial charge in [-0.25, -0.2) is 0 Å². The maximum Gasteiger partial charge on any atom is 0.230 e. The molecule has 2 aliphatic heterocycles. The van der Waals surface area contributed by atoms with E-state index in [0.29, 0.717) is 0 Å². The van der Waals surface area contributed by atoms with Gasteiger partial charge >= 0.3 is 0 Å². The van der Waals surface area contributed by atoms with Gasteiger partial charge in [0.05, 0.1) is 12.5 Å². The van der Waals surface area contributed by atoms with E-state index in [9.17, 15) is 0 Å². The molecular formula is C22H16Br2O3. The van der Waals surface area contributed by atoms with Crippen LogP contribution in [0.1, 0.15) is 11.1 Å². The topological polar surface area (TPSA) is 27.7 Å². The third kappa shape index (κ3) is 4.26. The van der Waals surface area contributed by atoms with Crippen LogP contribution in [0.4, 0.5) is 0 Å². The number of halogens is 2. The Balaban J connectivity index is 1.58. The fourth-order valence-corrected chi connectivity index (χ4v) is 3.42. The molecule has 0 saturated heterocycles. The van der Waals surface area contributed by atoms with Crippen molar-refractivity contribution in [3.8, 4) is 0 Å². The molecule has 0 aromatic heterocycles. The first kappa shape index (κ1) is 18.3. The summed E-state index contributed by atoms with van der Waals surface area (Å²) < 4.78 is 19.8. The molecule has 0 aliphatic carbocycles. The summed E-state index contributed by atoms with van der Waals surface area (Å²) in [6.45, 7) is 0. The van der Waals surface area contributed by atoms with E-state index in [0.717, 1.165) is 31.2 Å². The molecule has 27 heavy (non-hydrogen) atoms. The van der Waals surface area contributed by atoms with E-state index in [2.05, 4.69) is 31.9 Å². The molecule has 0 bridgehead atoms. The number of benzene rings is 2. The highest BCUT2D eigenvalue weighted by Crippen LogP contribution is 2.32. The zero-order valence-electron chi connectivity index (χ0n) is 14.2. The molecule has 0 fully saturated rings. The number of allylic oxidation sites excluding steroid dienone is 4. The minimum absolute atomic E-state index is 0.563. The van der Waals surface area contributed by atoms with Gasteiger partial charge in [0.25, 0.3) is 0 Å². The van der Waals surface area contributed by atoms with Gasteiger partial charge in [0.2, 0.25) is 12.6 Å². The van der Waals surface area contributed by atoms with E-state index in [-0.39, 0.29) is 0 Å². The third-order valence-corrected chi connectivity index (χ3v) is 5.28. The van der Waals surface area contributed by atoms with Crippen LogP contribution < -0.4 is 0 Å². The summed E-state index contributed by atoms with van der Waals surface area (Å²) in [7, 11) is 0. The van der Waals surface area contributed by atoms with Gasteiger partial charge in [0, 0.05) is 20.1 Å². The Kier molecular flexibility index (Phi) is 5.62. The van der Waals surface area contributed by atoms with Crippen LogP contribution in [0.25, 0.3) is 11.1 Å². The van der Waals surface area contributed by atoms with Crippen LogP contribution in [0.3, 0.4) is 0 Å². The van der Waals surface area contributed by atoms with Crippen LogP contribution in [0.2, 0.25) is 0 Å². The van der Waals surface area contributed by atoms with Crippen molar-refractivity contribution in [3.63, 3.8) is 0 Å². The van der Waals surface area contributed by atoms with Crippen LogP contribution >= 0.6 is 31.9 Å². The van der Waals surface area contributed by atoms with Gasteiger partial charge < -0.3 is 9.47 Å². The highest BCUT2D eigenvalue weighted by Gasteiger charge is 2.28. The number of hydrogen-bond donors (Lipinski definition) is 0. The number of rotatable bonds is 4. The second kappa shape index (κ2) is 8.30. The zero-order valence-corrected chi connectivity index (χ0v) is 17.4. The predicted octanol–water partition coefficient (Wildman–Crippen LogP) is 6.44. The highest BCUT2D eigenvalue weighted by molar-refractivity contribution is 9.10. The van der Waals surface area contributed by atoms with Crippen molar-refractivity contribution < 1.29 is 14.2 Å². The molecule has 0 radical (unpaired) electrons. The first-order valence-corrected chi connectivity index (χ1v) is 10.0. The fourth-order valence-electron chi connectivity index (χ4n) is 2.90. The molecule has 3 nitrogen and oxygen atoms in total. The van der Waals surface area contributed by atoms with Gasteiger partial charge in [0.1, 0.15) is 0 Å². The van der Waals surface area contributed by atoms with Crippen molar-refractivity contribution in [2.24, 2.45) is 0 Å². The van der Waals surface area contributed by atoms with E-state index >= 15 is 0 Å². The first-order valence-electron chi connectivity index (χ1n) is 8.42. The van der Waals surface area contributed by atoms with Crippen molar-refractivity contribution in [3.05, 3.63) is 105 Å². The molecule has 2 aromatic carbocycles. The Morgan fingerprint density at radius 1 is 0.630 bits per heavy atom. The van der Waals surface area contributed by atoms with E-state index in [1.165, 1.54) is 0 Å². The molecule has 2 aliphatic rings. The molecule has 0 N–H and O–H groups in total. The van der Waals surface area contributed by atoms with Gasteiger partial charge in [-0.2, -0.15) is 0 Å². The van der Waals surface area contributed by atoms with Crippen LogP contribution in [-0.4, -0.2) is 12.6 Å². The molecule has 2 aromatic rings. The lowest BCUT2D eigenvalue weighted by Crippen LogP contribution is -2.28. The first-order chi connectivity index (χ1) is 13.2. The van der Waals surface area contributed by atoms with E-state index in [4.69, 9.17) is 14.2 Å². The maximum atomic E-state index is 6.22. The summed E-state index contributed by atoms with van der Waals surface area (Å²) in [4.78, 5) is 0. The molecule has 0 saturated carbocycles. The van der Waals surface area contributed by atoms with Gasteiger partial charge in [-0.1, -0.05) is 56.1 Å². The summed E-state index contributed by atoms with van der Waals surface area (Å²) in [5, 5.41) is 0. The molecule has 5 heteroatoms. The van der Waals surface area contributed by atoms with E-state index in [1.807, 2.05) is 72.8 Å². The minimum atomic E-state index is -0.563. The maximum absolute atomic E-state index is 6.22. The average Bonchev–Trinajstić information content (AvgIpc) is 2.70. The number of hydrogen-bond acceptors (Lipinski definition) is 3.